The van der Waals surface area contributed by atoms with Gasteiger partial charge in [0.1, 0.15) is 0 Å². The van der Waals surface area contributed by atoms with Gasteiger partial charge in [0.2, 0.25) is 5.91 Å². The van der Waals surface area contributed by atoms with Crippen LogP contribution in [0.3, 0.4) is 0 Å². The summed E-state index contributed by atoms with van der Waals surface area (Å²) in [7, 11) is 0. The average Bonchev–Trinajstić information content (AvgIpc) is 2.90. The first-order valence-electron chi connectivity index (χ1n) is 6.58. The number of aryl methyl sites for hydroxylation is 1. The number of hydrogen-bond acceptors (Lipinski definition) is 1. The van der Waals surface area contributed by atoms with Crippen LogP contribution in [-0.4, -0.2) is 9.14 Å². The summed E-state index contributed by atoms with van der Waals surface area (Å²) in [4.78, 5) is 12.3. The highest BCUT2D eigenvalue weighted by atomic mass is 79.9. The summed E-state index contributed by atoms with van der Waals surface area (Å²) < 4.78 is -0.233. The fourth-order valence-corrected chi connectivity index (χ4v) is 3.61. The first-order valence-corrected chi connectivity index (χ1v) is 8.16. The van der Waals surface area contributed by atoms with E-state index in [1.165, 1.54) is 5.56 Å². The summed E-state index contributed by atoms with van der Waals surface area (Å²) in [5.41, 5.74) is 2.10. The van der Waals surface area contributed by atoms with E-state index in [-0.39, 0.29) is 20.6 Å². The summed E-state index contributed by atoms with van der Waals surface area (Å²) in [6, 6.07) is 8.46. The molecule has 0 spiro atoms. The van der Waals surface area contributed by atoms with E-state index in [1.807, 2.05) is 13.8 Å². The molecule has 2 rings (SSSR count). The van der Waals surface area contributed by atoms with Gasteiger partial charge in [-0.25, -0.2) is 0 Å². The SMILES string of the molecule is CCc1ccc([C@H](C)NC(=O)[C@@]2(C)CC2(Br)Br)cc1. The summed E-state index contributed by atoms with van der Waals surface area (Å²) in [5, 5.41) is 3.09. The van der Waals surface area contributed by atoms with E-state index in [2.05, 4.69) is 68.4 Å². The van der Waals surface area contributed by atoms with Crippen molar-refractivity contribution in [1.82, 2.24) is 5.32 Å². The molecule has 19 heavy (non-hydrogen) atoms. The van der Waals surface area contributed by atoms with Crippen LogP contribution < -0.4 is 5.32 Å². The number of amides is 1. The van der Waals surface area contributed by atoms with Crippen molar-refractivity contribution in [1.29, 1.82) is 0 Å². The number of halogens is 2. The van der Waals surface area contributed by atoms with Crippen molar-refractivity contribution in [3.63, 3.8) is 0 Å². The van der Waals surface area contributed by atoms with Gasteiger partial charge in [0.15, 0.2) is 0 Å². The second-order valence-corrected chi connectivity index (χ2v) is 9.28. The summed E-state index contributed by atoms with van der Waals surface area (Å²) in [5.74, 6) is 0.0910. The Bertz CT molecular complexity index is 483. The standard InChI is InChI=1S/C15H19Br2NO/c1-4-11-5-7-12(8-6-11)10(2)18-13(19)14(3)9-15(14,16)17/h5-8,10H,4,9H2,1-3H3,(H,18,19)/t10-,14+/m0/s1. The first-order chi connectivity index (χ1) is 8.80. The van der Waals surface area contributed by atoms with Crippen LogP contribution >= 0.6 is 31.9 Å². The summed E-state index contributed by atoms with van der Waals surface area (Å²) in [6.07, 6.45) is 1.85. The van der Waals surface area contributed by atoms with E-state index in [9.17, 15) is 4.79 Å². The van der Waals surface area contributed by atoms with E-state index < -0.39 is 0 Å². The third-order valence-corrected chi connectivity index (χ3v) is 6.31. The van der Waals surface area contributed by atoms with Gasteiger partial charge in [-0.1, -0.05) is 63.0 Å². The molecule has 104 valence electrons. The van der Waals surface area contributed by atoms with Gasteiger partial charge in [0.25, 0.3) is 0 Å². The van der Waals surface area contributed by atoms with Crippen molar-refractivity contribution >= 4 is 37.8 Å². The molecular formula is C15H19Br2NO. The molecule has 0 unspecified atom stereocenters. The monoisotopic (exact) mass is 387 g/mol. The number of alkyl halides is 2. The number of carbonyl (C=O) groups excluding carboxylic acids is 1. The Labute approximate surface area is 131 Å². The minimum atomic E-state index is -0.357. The van der Waals surface area contributed by atoms with Crippen LogP contribution in [0.15, 0.2) is 24.3 Å². The van der Waals surface area contributed by atoms with Crippen LogP contribution in [0.5, 0.6) is 0 Å². The molecule has 2 atom stereocenters. The zero-order valence-corrected chi connectivity index (χ0v) is 14.6. The zero-order chi connectivity index (χ0) is 14.3. The largest absolute Gasteiger partial charge is 0.349 e. The maximum Gasteiger partial charge on any atom is 0.228 e. The summed E-state index contributed by atoms with van der Waals surface area (Å²) >= 11 is 7.06. The van der Waals surface area contributed by atoms with Crippen LogP contribution in [-0.2, 0) is 11.2 Å². The molecule has 1 aromatic rings. The molecule has 1 amide bonds. The van der Waals surface area contributed by atoms with Gasteiger partial charge < -0.3 is 5.32 Å². The fourth-order valence-electron chi connectivity index (χ4n) is 2.13. The third-order valence-electron chi connectivity index (χ3n) is 3.99. The van der Waals surface area contributed by atoms with Crippen molar-refractivity contribution < 1.29 is 4.79 Å². The van der Waals surface area contributed by atoms with Gasteiger partial charge in [-0.3, -0.25) is 4.79 Å². The Morgan fingerprint density at radius 2 is 1.89 bits per heavy atom. The van der Waals surface area contributed by atoms with Gasteiger partial charge in [0.05, 0.1) is 14.7 Å². The molecule has 0 aromatic heterocycles. The van der Waals surface area contributed by atoms with Crippen LogP contribution in [0.25, 0.3) is 0 Å². The average molecular weight is 389 g/mol. The highest BCUT2D eigenvalue weighted by Crippen LogP contribution is 2.66. The molecule has 1 saturated carbocycles. The van der Waals surface area contributed by atoms with E-state index in [0.29, 0.717) is 0 Å². The van der Waals surface area contributed by atoms with Gasteiger partial charge in [-0.05, 0) is 37.8 Å². The fraction of sp³-hybridized carbons (Fsp3) is 0.533. The van der Waals surface area contributed by atoms with Crippen LogP contribution in [0.2, 0.25) is 0 Å². The number of rotatable bonds is 4. The van der Waals surface area contributed by atoms with Crippen LogP contribution in [0, 0.1) is 5.41 Å². The molecule has 1 aliphatic carbocycles. The van der Waals surface area contributed by atoms with Crippen LogP contribution in [0.1, 0.15) is 44.4 Å². The quantitative estimate of drug-likeness (QED) is 0.764. The minimum absolute atomic E-state index is 0.0339. The normalized spacial score (nSPS) is 25.7. The molecule has 2 nitrogen and oxygen atoms in total. The Kier molecular flexibility index (Phi) is 4.12. The van der Waals surface area contributed by atoms with Crippen molar-refractivity contribution in [3.05, 3.63) is 35.4 Å². The van der Waals surface area contributed by atoms with Gasteiger partial charge in [-0.2, -0.15) is 0 Å². The van der Waals surface area contributed by atoms with Crippen LogP contribution in [0.4, 0.5) is 0 Å². The van der Waals surface area contributed by atoms with Crippen molar-refractivity contribution in [3.8, 4) is 0 Å². The first kappa shape index (κ1) is 15.0. The maximum atomic E-state index is 12.3. The molecule has 1 N–H and O–H groups in total. The minimum Gasteiger partial charge on any atom is -0.349 e. The number of nitrogens with one attached hydrogen (secondary N) is 1. The number of carbonyl (C=O) groups is 1. The molecule has 0 saturated heterocycles. The highest BCUT2D eigenvalue weighted by molar-refractivity contribution is 9.25. The molecule has 4 heteroatoms. The second-order valence-electron chi connectivity index (χ2n) is 5.50. The van der Waals surface area contributed by atoms with E-state index >= 15 is 0 Å². The number of hydrogen-bond donors (Lipinski definition) is 1. The predicted octanol–water partition coefficient (Wildman–Crippen LogP) is 4.32. The Morgan fingerprint density at radius 1 is 1.37 bits per heavy atom. The van der Waals surface area contributed by atoms with Gasteiger partial charge in [0, 0.05) is 0 Å². The van der Waals surface area contributed by atoms with E-state index in [1.54, 1.807) is 0 Å². The lowest BCUT2D eigenvalue weighted by molar-refractivity contribution is -0.126. The third kappa shape index (κ3) is 2.89. The molecule has 0 bridgehead atoms. The molecule has 1 fully saturated rings. The molecule has 0 radical (unpaired) electrons. The lowest BCUT2D eigenvalue weighted by Crippen LogP contribution is -2.34. The Balaban J connectivity index is 2.01. The summed E-state index contributed by atoms with van der Waals surface area (Å²) in [6.45, 7) is 6.13. The molecule has 0 heterocycles. The Morgan fingerprint density at radius 3 is 2.32 bits per heavy atom. The highest BCUT2D eigenvalue weighted by Gasteiger charge is 2.66. The maximum absolute atomic E-state index is 12.3. The van der Waals surface area contributed by atoms with E-state index in [4.69, 9.17) is 0 Å². The molecule has 0 aliphatic heterocycles. The number of benzene rings is 1. The predicted molar refractivity (Wildman–Crippen MR) is 85.7 cm³/mol. The van der Waals surface area contributed by atoms with Crippen molar-refractivity contribution in [2.24, 2.45) is 5.41 Å². The molecule has 1 aromatic carbocycles. The van der Waals surface area contributed by atoms with Gasteiger partial charge >= 0.3 is 0 Å². The van der Waals surface area contributed by atoms with E-state index in [0.717, 1.165) is 18.4 Å². The zero-order valence-electron chi connectivity index (χ0n) is 11.5. The van der Waals surface area contributed by atoms with Crippen molar-refractivity contribution in [2.45, 2.75) is 42.9 Å². The smallest absolute Gasteiger partial charge is 0.228 e. The topological polar surface area (TPSA) is 29.1 Å². The van der Waals surface area contributed by atoms with Crippen molar-refractivity contribution in [2.75, 3.05) is 0 Å². The second kappa shape index (κ2) is 5.21. The Hall–Kier alpha value is -0.350. The lowest BCUT2D eigenvalue weighted by atomic mass is 10.0. The molecule has 1 aliphatic rings. The molecular weight excluding hydrogens is 370 g/mol. The lowest BCUT2D eigenvalue weighted by Gasteiger charge is -2.19. The van der Waals surface area contributed by atoms with Gasteiger partial charge in [-0.15, -0.1) is 0 Å².